The van der Waals surface area contributed by atoms with Gasteiger partial charge in [-0.2, -0.15) is 0 Å². The number of benzene rings is 1. The first-order valence-electron chi connectivity index (χ1n) is 4.88. The van der Waals surface area contributed by atoms with Crippen molar-refractivity contribution in [2.75, 3.05) is 5.73 Å². The summed E-state index contributed by atoms with van der Waals surface area (Å²) in [4.78, 5) is 7.45. The molecule has 0 unspecified atom stereocenters. The predicted molar refractivity (Wildman–Crippen MR) is 58.6 cm³/mol. The molecule has 0 aliphatic heterocycles. The molecule has 0 aliphatic carbocycles. The number of alkyl halides is 3. The molecule has 0 radical (unpaired) electrons. The number of nitrogen functional groups attached to an aromatic ring is 1. The van der Waals surface area contributed by atoms with Crippen molar-refractivity contribution in [2.45, 2.75) is 6.36 Å². The summed E-state index contributed by atoms with van der Waals surface area (Å²) in [7, 11) is 0. The molecule has 1 aromatic carbocycles. The van der Waals surface area contributed by atoms with E-state index in [2.05, 4.69) is 14.7 Å². The van der Waals surface area contributed by atoms with E-state index >= 15 is 0 Å². The first-order chi connectivity index (χ1) is 8.46. The smallest absolute Gasteiger partial charge is 0.405 e. The Balaban J connectivity index is 2.41. The van der Waals surface area contributed by atoms with Gasteiger partial charge in [0.1, 0.15) is 5.75 Å². The van der Waals surface area contributed by atoms with Gasteiger partial charge < -0.3 is 10.5 Å². The Bertz CT molecular complexity index is 540. The van der Waals surface area contributed by atoms with E-state index in [0.717, 1.165) is 0 Å². The maximum Gasteiger partial charge on any atom is 0.573 e. The number of aromatic nitrogens is 2. The lowest BCUT2D eigenvalue weighted by Gasteiger charge is -2.12. The Morgan fingerprint density at radius 2 is 1.67 bits per heavy atom. The van der Waals surface area contributed by atoms with Crippen LogP contribution in [0.5, 0.6) is 5.75 Å². The molecule has 2 N–H and O–H groups in total. The number of hydrogen-bond acceptors (Lipinski definition) is 4. The van der Waals surface area contributed by atoms with Gasteiger partial charge in [0.2, 0.25) is 5.95 Å². The number of nitrogens with zero attached hydrogens (tertiary/aromatic N) is 2. The second-order valence-electron chi connectivity index (χ2n) is 3.37. The van der Waals surface area contributed by atoms with E-state index in [9.17, 15) is 13.2 Å². The van der Waals surface area contributed by atoms with Gasteiger partial charge in [0.05, 0.1) is 0 Å². The van der Waals surface area contributed by atoms with Gasteiger partial charge in [-0.1, -0.05) is 18.2 Å². The average Bonchev–Trinajstić information content (AvgIpc) is 2.29. The summed E-state index contributed by atoms with van der Waals surface area (Å²) in [5.74, 6) is -0.258. The topological polar surface area (TPSA) is 61.0 Å². The van der Waals surface area contributed by atoms with Gasteiger partial charge in [-0.3, -0.25) is 0 Å². The Morgan fingerprint density at radius 3 is 2.28 bits per heavy atom. The summed E-state index contributed by atoms with van der Waals surface area (Å²) in [6.07, 6.45) is -2.08. The normalized spacial score (nSPS) is 11.3. The molecule has 0 atom stereocenters. The summed E-state index contributed by atoms with van der Waals surface area (Å²) in [6, 6.07) is 5.74. The molecule has 18 heavy (non-hydrogen) atoms. The van der Waals surface area contributed by atoms with E-state index in [-0.39, 0.29) is 17.3 Å². The molecule has 2 rings (SSSR count). The van der Waals surface area contributed by atoms with Gasteiger partial charge in [0.15, 0.2) is 0 Å². The molecule has 1 heterocycles. The SMILES string of the molecule is Nc1ncc(-c2ccccc2OC(F)(F)F)cn1. The quantitative estimate of drug-likeness (QED) is 0.896. The van der Waals surface area contributed by atoms with E-state index in [1.165, 1.54) is 30.6 Å². The van der Waals surface area contributed by atoms with Crippen molar-refractivity contribution in [3.05, 3.63) is 36.7 Å². The lowest BCUT2D eigenvalue weighted by Crippen LogP contribution is -2.17. The third kappa shape index (κ3) is 2.88. The standard InChI is InChI=1S/C11H8F3N3O/c12-11(13,14)18-9-4-2-1-3-8(9)7-5-16-10(15)17-6-7/h1-6H,(H2,15,16,17). The summed E-state index contributed by atoms with van der Waals surface area (Å²) in [6.45, 7) is 0. The maximum atomic E-state index is 12.2. The zero-order chi connectivity index (χ0) is 13.2. The van der Waals surface area contributed by atoms with Crippen molar-refractivity contribution in [1.29, 1.82) is 0 Å². The Morgan fingerprint density at radius 1 is 1.06 bits per heavy atom. The summed E-state index contributed by atoms with van der Waals surface area (Å²) < 4.78 is 40.6. The third-order valence-electron chi connectivity index (χ3n) is 2.10. The van der Waals surface area contributed by atoms with Crippen molar-refractivity contribution >= 4 is 5.95 Å². The van der Waals surface area contributed by atoms with E-state index in [4.69, 9.17) is 5.73 Å². The average molecular weight is 255 g/mol. The highest BCUT2D eigenvalue weighted by molar-refractivity contribution is 5.69. The van der Waals surface area contributed by atoms with Crippen LogP contribution in [0.2, 0.25) is 0 Å². The fraction of sp³-hybridized carbons (Fsp3) is 0.0909. The molecule has 0 amide bonds. The first kappa shape index (κ1) is 12.2. The molecule has 0 saturated heterocycles. The molecule has 4 nitrogen and oxygen atoms in total. The van der Waals surface area contributed by atoms with Gasteiger partial charge in [-0.05, 0) is 6.07 Å². The largest absolute Gasteiger partial charge is 0.573 e. The molecule has 1 aromatic heterocycles. The van der Waals surface area contributed by atoms with E-state index < -0.39 is 6.36 Å². The van der Waals surface area contributed by atoms with Crippen LogP contribution in [0.25, 0.3) is 11.1 Å². The fourth-order valence-electron chi connectivity index (χ4n) is 1.40. The zero-order valence-corrected chi connectivity index (χ0v) is 8.98. The summed E-state index contributed by atoms with van der Waals surface area (Å²) in [5.41, 5.74) is 5.95. The zero-order valence-electron chi connectivity index (χ0n) is 8.98. The van der Waals surface area contributed by atoms with Crippen LogP contribution in [0, 0.1) is 0 Å². The van der Waals surface area contributed by atoms with Crippen LogP contribution < -0.4 is 10.5 Å². The van der Waals surface area contributed by atoms with Crippen molar-refractivity contribution in [1.82, 2.24) is 9.97 Å². The van der Waals surface area contributed by atoms with Crippen molar-refractivity contribution in [2.24, 2.45) is 0 Å². The molecule has 2 aromatic rings. The highest BCUT2D eigenvalue weighted by Crippen LogP contribution is 2.32. The molecule has 0 bridgehead atoms. The number of ether oxygens (including phenoxy) is 1. The molecule has 0 spiro atoms. The van der Waals surface area contributed by atoms with Crippen molar-refractivity contribution in [3.63, 3.8) is 0 Å². The molecule has 0 saturated carbocycles. The Hall–Kier alpha value is -2.31. The van der Waals surface area contributed by atoms with Crippen LogP contribution >= 0.6 is 0 Å². The van der Waals surface area contributed by atoms with Crippen LogP contribution in [-0.2, 0) is 0 Å². The van der Waals surface area contributed by atoms with E-state index in [0.29, 0.717) is 5.56 Å². The molecule has 7 heteroatoms. The molecular weight excluding hydrogens is 247 g/mol. The number of halogens is 3. The maximum absolute atomic E-state index is 12.2. The predicted octanol–water partition coefficient (Wildman–Crippen LogP) is 2.62. The second-order valence-corrected chi connectivity index (χ2v) is 3.37. The first-order valence-corrected chi connectivity index (χ1v) is 4.88. The van der Waals surface area contributed by atoms with Gasteiger partial charge >= 0.3 is 6.36 Å². The van der Waals surface area contributed by atoms with Gasteiger partial charge in [0.25, 0.3) is 0 Å². The second kappa shape index (κ2) is 4.52. The molecule has 94 valence electrons. The highest BCUT2D eigenvalue weighted by Gasteiger charge is 2.32. The monoisotopic (exact) mass is 255 g/mol. The van der Waals surface area contributed by atoms with Crippen LogP contribution in [-0.4, -0.2) is 16.3 Å². The lowest BCUT2D eigenvalue weighted by atomic mass is 10.1. The van der Waals surface area contributed by atoms with E-state index in [1.807, 2.05) is 0 Å². The number of anilines is 1. The van der Waals surface area contributed by atoms with Crippen molar-refractivity contribution in [3.8, 4) is 16.9 Å². The van der Waals surface area contributed by atoms with Crippen LogP contribution in [0.15, 0.2) is 36.7 Å². The van der Waals surface area contributed by atoms with Gasteiger partial charge in [-0.25, -0.2) is 9.97 Å². The minimum Gasteiger partial charge on any atom is -0.405 e. The summed E-state index contributed by atoms with van der Waals surface area (Å²) in [5, 5.41) is 0. The fourth-order valence-corrected chi connectivity index (χ4v) is 1.40. The molecular formula is C11H8F3N3O. The Labute approximate surface area is 100 Å². The van der Waals surface area contributed by atoms with E-state index in [1.54, 1.807) is 6.07 Å². The van der Waals surface area contributed by atoms with Crippen LogP contribution in [0.1, 0.15) is 0 Å². The van der Waals surface area contributed by atoms with Gasteiger partial charge in [0, 0.05) is 23.5 Å². The number of nitrogens with two attached hydrogens (primary N) is 1. The lowest BCUT2D eigenvalue weighted by molar-refractivity contribution is -0.274. The number of hydrogen-bond donors (Lipinski definition) is 1. The highest BCUT2D eigenvalue weighted by atomic mass is 19.4. The van der Waals surface area contributed by atoms with Crippen molar-refractivity contribution < 1.29 is 17.9 Å². The molecule has 0 aliphatic rings. The third-order valence-corrected chi connectivity index (χ3v) is 2.10. The minimum absolute atomic E-state index is 0.0490. The number of rotatable bonds is 2. The number of para-hydroxylation sites is 1. The van der Waals surface area contributed by atoms with Crippen LogP contribution in [0.4, 0.5) is 19.1 Å². The summed E-state index contributed by atoms with van der Waals surface area (Å²) >= 11 is 0. The molecule has 0 fully saturated rings. The minimum atomic E-state index is -4.75. The van der Waals surface area contributed by atoms with Gasteiger partial charge in [-0.15, -0.1) is 13.2 Å². The van der Waals surface area contributed by atoms with Crippen LogP contribution in [0.3, 0.4) is 0 Å². The Kier molecular flexibility index (Phi) is 3.05.